The van der Waals surface area contributed by atoms with Gasteiger partial charge in [-0.1, -0.05) is 48.5 Å². The number of carbonyl (C=O) groups excluding carboxylic acids is 2. The van der Waals surface area contributed by atoms with Crippen molar-refractivity contribution in [3.63, 3.8) is 0 Å². The second-order valence-electron chi connectivity index (χ2n) is 9.96. The number of aromatic nitrogens is 2. The van der Waals surface area contributed by atoms with Crippen molar-refractivity contribution in [1.29, 1.82) is 5.26 Å². The fraction of sp³-hybridized carbons (Fsp3) is 0.226. The summed E-state index contributed by atoms with van der Waals surface area (Å²) in [5.74, 6) is -1.40. The number of nitrogens with zero attached hydrogens (tertiary/aromatic N) is 5. The molecule has 1 aliphatic heterocycles. The van der Waals surface area contributed by atoms with Gasteiger partial charge in [0.2, 0.25) is 0 Å². The number of nitrogens with one attached hydrogen (secondary N) is 1. The predicted octanol–water partition coefficient (Wildman–Crippen LogP) is 5.10. The molecule has 2 amide bonds. The number of nitriles is 1. The summed E-state index contributed by atoms with van der Waals surface area (Å²) in [6.07, 6.45) is -0.916. The van der Waals surface area contributed by atoms with Crippen molar-refractivity contribution in [2.24, 2.45) is 0 Å². The number of amides is 2. The molecule has 1 aromatic heterocycles. The maximum absolute atomic E-state index is 14.1. The van der Waals surface area contributed by atoms with Crippen molar-refractivity contribution < 1.29 is 22.8 Å². The molecule has 8 nitrogen and oxygen atoms in total. The topological polar surface area (TPSA) is 94.3 Å². The number of para-hydroxylation sites is 1. The minimum absolute atomic E-state index is 0.213. The Balaban J connectivity index is 1.63. The average Bonchev–Trinajstić information content (AvgIpc) is 3.42. The van der Waals surface area contributed by atoms with Crippen LogP contribution in [-0.2, 0) is 17.5 Å². The number of anilines is 1. The Morgan fingerprint density at radius 3 is 2.50 bits per heavy atom. The molecular formula is C31H27F3N6O2. The summed E-state index contributed by atoms with van der Waals surface area (Å²) in [6, 6.07) is 19.6. The first-order chi connectivity index (χ1) is 20.1. The largest absolute Gasteiger partial charge is 0.416 e. The molecule has 0 radical (unpaired) electrons. The maximum atomic E-state index is 14.1. The number of benzene rings is 3. The van der Waals surface area contributed by atoms with Crippen molar-refractivity contribution in [2.45, 2.75) is 31.6 Å². The van der Waals surface area contributed by atoms with Crippen molar-refractivity contribution in [3.05, 3.63) is 113 Å². The van der Waals surface area contributed by atoms with E-state index in [2.05, 4.69) is 16.6 Å². The van der Waals surface area contributed by atoms with Crippen molar-refractivity contribution in [1.82, 2.24) is 20.0 Å². The zero-order valence-corrected chi connectivity index (χ0v) is 22.8. The lowest BCUT2D eigenvalue weighted by Gasteiger charge is -2.38. The van der Waals surface area contributed by atoms with Crippen LogP contribution < -0.4 is 10.2 Å². The van der Waals surface area contributed by atoms with Gasteiger partial charge in [0.05, 0.1) is 24.0 Å². The van der Waals surface area contributed by atoms with Crippen LogP contribution in [0.2, 0.25) is 0 Å². The van der Waals surface area contributed by atoms with Crippen LogP contribution >= 0.6 is 0 Å². The van der Waals surface area contributed by atoms with Crippen molar-refractivity contribution in [3.8, 4) is 11.9 Å². The highest BCUT2D eigenvalue weighted by atomic mass is 19.4. The summed E-state index contributed by atoms with van der Waals surface area (Å²) in [5, 5.41) is 16.6. The molecule has 11 heteroatoms. The van der Waals surface area contributed by atoms with Crippen molar-refractivity contribution in [2.75, 3.05) is 18.5 Å². The molecule has 2 atom stereocenters. The number of likely N-dealkylation sites (N-methyl/N-ethyl adjacent to an activating group) is 1. The van der Waals surface area contributed by atoms with E-state index in [-0.39, 0.29) is 12.1 Å². The Bertz CT molecular complexity index is 1660. The number of halogens is 3. The molecule has 4 aromatic rings. The Kier molecular flexibility index (Phi) is 7.72. The molecule has 1 aliphatic rings. The number of carbonyl (C=O) groups is 2. The van der Waals surface area contributed by atoms with Gasteiger partial charge in [-0.3, -0.25) is 14.5 Å². The van der Waals surface area contributed by atoms with E-state index in [4.69, 9.17) is 0 Å². The molecule has 0 fully saturated rings. The van der Waals surface area contributed by atoms with Crippen molar-refractivity contribution >= 4 is 17.6 Å². The van der Waals surface area contributed by atoms with Crippen LogP contribution in [-0.4, -0.2) is 46.1 Å². The van der Waals surface area contributed by atoms with E-state index in [0.29, 0.717) is 23.5 Å². The summed E-state index contributed by atoms with van der Waals surface area (Å²) in [7, 11) is 1.65. The number of alkyl halides is 3. The van der Waals surface area contributed by atoms with Crippen LogP contribution in [0.25, 0.3) is 5.69 Å². The Morgan fingerprint density at radius 1 is 1.07 bits per heavy atom. The highest BCUT2D eigenvalue weighted by molar-refractivity contribution is 6.05. The van der Waals surface area contributed by atoms with E-state index in [9.17, 15) is 28.0 Å². The van der Waals surface area contributed by atoms with Gasteiger partial charge in [0, 0.05) is 30.6 Å². The smallest absolute Gasteiger partial charge is 0.339 e. The Hall–Kier alpha value is -5.11. The van der Waals surface area contributed by atoms with E-state index in [1.54, 1.807) is 30.9 Å². The zero-order valence-electron chi connectivity index (χ0n) is 22.8. The Morgan fingerprint density at radius 2 is 1.81 bits per heavy atom. The van der Waals surface area contributed by atoms with Gasteiger partial charge in [-0.05, 0) is 48.4 Å². The zero-order chi connectivity index (χ0) is 30.0. The quantitative estimate of drug-likeness (QED) is 0.246. The lowest BCUT2D eigenvalue weighted by molar-refractivity contribution is -0.137. The van der Waals surface area contributed by atoms with Gasteiger partial charge in [0.1, 0.15) is 11.9 Å². The van der Waals surface area contributed by atoms with E-state index < -0.39 is 35.5 Å². The maximum Gasteiger partial charge on any atom is 0.416 e. The van der Waals surface area contributed by atoms with Crippen LogP contribution in [0.15, 0.2) is 85.1 Å². The van der Waals surface area contributed by atoms with Gasteiger partial charge in [-0.15, -0.1) is 0 Å². The normalized spacial score (nSPS) is 16.5. The Labute approximate surface area is 240 Å². The molecule has 0 unspecified atom stereocenters. The first kappa shape index (κ1) is 28.4. The molecule has 5 rings (SSSR count). The summed E-state index contributed by atoms with van der Waals surface area (Å²) >= 11 is 0. The molecule has 0 saturated carbocycles. The number of rotatable bonds is 7. The summed E-state index contributed by atoms with van der Waals surface area (Å²) in [6.45, 7) is 2.39. The van der Waals surface area contributed by atoms with Gasteiger partial charge >= 0.3 is 6.18 Å². The summed E-state index contributed by atoms with van der Waals surface area (Å²) in [5.41, 5.74) is 1.72. The van der Waals surface area contributed by atoms with Gasteiger partial charge < -0.3 is 10.2 Å². The summed E-state index contributed by atoms with van der Waals surface area (Å²) < 4.78 is 41.8. The number of hydrogen-bond acceptors (Lipinski definition) is 5. The minimum atomic E-state index is -4.63. The SMILES string of the molecule is CCN1C(=O)[C@@H](NC(=O)c2cccc(C(F)(F)F)c2)[C@H](c2cccc(CN(C)C#N)c2)c2cnn(-c3ccccc3)c21. The first-order valence-electron chi connectivity index (χ1n) is 13.2. The molecule has 2 heterocycles. The molecule has 1 N–H and O–H groups in total. The third-order valence-electron chi connectivity index (χ3n) is 7.18. The summed E-state index contributed by atoms with van der Waals surface area (Å²) in [4.78, 5) is 30.5. The van der Waals surface area contributed by atoms with E-state index in [0.717, 1.165) is 29.4 Å². The van der Waals surface area contributed by atoms with E-state index >= 15 is 0 Å². The fourth-order valence-corrected chi connectivity index (χ4v) is 5.27. The lowest BCUT2D eigenvalue weighted by Crippen LogP contribution is -2.55. The van der Waals surface area contributed by atoms with Crippen LogP contribution in [0.4, 0.5) is 19.0 Å². The second kappa shape index (κ2) is 11.4. The van der Waals surface area contributed by atoms with Gasteiger partial charge in [-0.2, -0.15) is 23.5 Å². The second-order valence-corrected chi connectivity index (χ2v) is 9.96. The fourth-order valence-electron chi connectivity index (χ4n) is 5.27. The van der Waals surface area contributed by atoms with Crippen LogP contribution in [0, 0.1) is 11.5 Å². The van der Waals surface area contributed by atoms with E-state index in [1.807, 2.05) is 48.5 Å². The third-order valence-corrected chi connectivity index (χ3v) is 7.18. The highest BCUT2D eigenvalue weighted by Gasteiger charge is 2.44. The molecule has 0 aliphatic carbocycles. The molecular weight excluding hydrogens is 545 g/mol. The van der Waals surface area contributed by atoms with E-state index in [1.165, 1.54) is 15.9 Å². The standard InChI is InChI=1S/C31H27F3N6O2/c1-3-39-29-25(17-36-40(29)24-13-5-4-6-14-24)26(21-10-7-9-20(15-21)18-38(2)19-35)27(30(39)42)37-28(41)22-11-8-12-23(16-22)31(32,33)34/h4-17,26-27H,3,18H2,1-2H3,(H,37,41)/t26-,27+/m1/s1. The number of fused-ring (bicyclic) bond motifs is 1. The van der Waals surface area contributed by atoms with Crippen LogP contribution in [0.1, 0.15) is 45.5 Å². The van der Waals surface area contributed by atoms with Gasteiger partial charge in [0.25, 0.3) is 11.8 Å². The molecule has 0 saturated heterocycles. The molecule has 0 bridgehead atoms. The third kappa shape index (κ3) is 5.43. The van der Waals surface area contributed by atoms with Gasteiger partial charge in [-0.25, -0.2) is 4.68 Å². The molecule has 214 valence electrons. The predicted molar refractivity (Wildman–Crippen MR) is 150 cm³/mol. The lowest BCUT2D eigenvalue weighted by atomic mass is 9.81. The van der Waals surface area contributed by atoms with Crippen LogP contribution in [0.5, 0.6) is 0 Å². The average molecular weight is 573 g/mol. The highest BCUT2D eigenvalue weighted by Crippen LogP contribution is 2.41. The number of hydrogen-bond donors (Lipinski definition) is 1. The van der Waals surface area contributed by atoms with Crippen LogP contribution in [0.3, 0.4) is 0 Å². The monoisotopic (exact) mass is 572 g/mol. The molecule has 3 aromatic carbocycles. The van der Waals surface area contributed by atoms with Gasteiger partial charge in [0.15, 0.2) is 6.19 Å². The molecule has 42 heavy (non-hydrogen) atoms. The molecule has 0 spiro atoms. The first-order valence-corrected chi connectivity index (χ1v) is 13.2. The minimum Gasteiger partial charge on any atom is -0.339 e.